The summed E-state index contributed by atoms with van der Waals surface area (Å²) in [5.41, 5.74) is 4.73. The van der Waals surface area contributed by atoms with Crippen LogP contribution in [0.15, 0.2) is 173 Å². The first kappa shape index (κ1) is 83.0. The molecule has 0 saturated heterocycles. The molecule has 0 aliphatic carbocycles. The number of amides is 2. The lowest BCUT2D eigenvalue weighted by molar-refractivity contribution is -0.166. The smallest absolute Gasteiger partial charge is 0.408 e. The SMILES string of the molecule is C=C(C)CCC(CCC(=C)C)OC(=O)NCNC(=O)OC(COCOC(=C)C)COCOC(=C)C.C=C(C)CCCOc1ccc(C(C)(C)c2ccc(OCCOCOC(=C)C)cc2)cc1.C=COCOCC(COCOC=C)(COCOC=C)COC(=O)C=C. The minimum Gasteiger partial charge on any atom is -0.494 e. The summed E-state index contributed by atoms with van der Waals surface area (Å²) >= 11 is 0. The molecule has 0 saturated carbocycles. The van der Waals surface area contributed by atoms with Crippen molar-refractivity contribution < 1.29 is 94.9 Å². The Morgan fingerprint density at radius 3 is 1.25 bits per heavy atom. The molecule has 0 aromatic heterocycles. The Hall–Kier alpha value is -7.99. The molecule has 2 aromatic rings. The van der Waals surface area contributed by atoms with Gasteiger partial charge in [0.2, 0.25) is 0 Å². The van der Waals surface area contributed by atoms with Gasteiger partial charge in [0.05, 0.1) is 94.4 Å². The Morgan fingerprint density at radius 2 is 0.868 bits per heavy atom. The molecule has 0 spiro atoms. The monoisotopic (exact) mass is 1280 g/mol. The molecule has 510 valence electrons. The van der Waals surface area contributed by atoms with Gasteiger partial charge in [-0.3, -0.25) is 0 Å². The van der Waals surface area contributed by atoms with E-state index < -0.39 is 29.7 Å². The summed E-state index contributed by atoms with van der Waals surface area (Å²) in [6.07, 6.45) is 7.19. The topological polar surface area (TPSA) is 232 Å². The Bertz CT molecular complexity index is 2380. The lowest BCUT2D eigenvalue weighted by Gasteiger charge is -2.32. The second kappa shape index (κ2) is 51.7. The van der Waals surface area contributed by atoms with Gasteiger partial charge >= 0.3 is 18.2 Å². The molecule has 2 rings (SSSR count). The van der Waals surface area contributed by atoms with E-state index in [1.807, 2.05) is 45.0 Å². The summed E-state index contributed by atoms with van der Waals surface area (Å²) in [6, 6.07) is 16.6. The molecule has 0 heterocycles. The molecule has 0 aliphatic rings. The standard InChI is InChI=1S/C27H36O4.C25H42N2O8.C17H26O8/c1-21(2)8-7-17-29-25-13-9-23(10-14-25)27(5,6)24-11-15-26(16-12-24)30-19-18-28-20-31-22(3)4;1-18(2)9-11-22(12-10-19(3)4)34-24(28)26-15-27-25(29)35-23(13-30-16-32-20(5)6)14-31-17-33-21(7)8;1-5-16(18)25-12-17(9-22-13-19-6-2,10-23-14-20-7-3)11-24-15-21-8-4/h9-16H,1,3,7-8,17-20H2,2,4-6H3;22-23H,1,3,5,7,9-17H2,2,4,6,8H3,(H,26,28)(H,27,29);5-8H,1-4,9-15H2. The van der Waals surface area contributed by atoms with Crippen molar-refractivity contribution in [3.8, 4) is 11.5 Å². The van der Waals surface area contributed by atoms with Crippen molar-refractivity contribution in [3.63, 3.8) is 0 Å². The van der Waals surface area contributed by atoms with Crippen molar-refractivity contribution >= 4 is 18.2 Å². The van der Waals surface area contributed by atoms with Gasteiger partial charge in [-0.15, -0.1) is 19.7 Å². The number of carbonyl (C=O) groups excluding carboxylic acids is 3. The van der Waals surface area contributed by atoms with Crippen LogP contribution in [0.25, 0.3) is 0 Å². The van der Waals surface area contributed by atoms with Gasteiger partial charge in [0.15, 0.2) is 46.9 Å². The highest BCUT2D eigenvalue weighted by Crippen LogP contribution is 2.33. The highest BCUT2D eigenvalue weighted by molar-refractivity contribution is 5.81. The Balaban J connectivity index is 0.00000135. The highest BCUT2D eigenvalue weighted by Gasteiger charge is 2.34. The van der Waals surface area contributed by atoms with Crippen LogP contribution in [0.1, 0.15) is 105 Å². The van der Waals surface area contributed by atoms with Crippen LogP contribution in [0.5, 0.6) is 11.5 Å². The van der Waals surface area contributed by atoms with E-state index in [-0.39, 0.29) is 98.6 Å². The van der Waals surface area contributed by atoms with Gasteiger partial charge in [0.25, 0.3) is 0 Å². The minimum absolute atomic E-state index is 0.0103. The lowest BCUT2D eigenvalue weighted by atomic mass is 9.78. The molecule has 0 fully saturated rings. The first-order chi connectivity index (χ1) is 43.4. The fraction of sp³-hybridized carbons (Fsp3) is 0.493. The first-order valence-electron chi connectivity index (χ1n) is 29.5. The predicted molar refractivity (Wildman–Crippen MR) is 350 cm³/mol. The van der Waals surface area contributed by atoms with Crippen LogP contribution in [0, 0.1) is 5.41 Å². The van der Waals surface area contributed by atoms with Gasteiger partial charge in [-0.2, -0.15) is 0 Å². The summed E-state index contributed by atoms with van der Waals surface area (Å²) in [5.74, 6) is 2.77. The molecule has 0 radical (unpaired) electrons. The third-order valence-corrected chi connectivity index (χ3v) is 12.0. The molecule has 2 amide bonds. The quantitative estimate of drug-likeness (QED) is 0.0119. The number of carbonyl (C=O) groups is 3. The average Bonchev–Trinajstić information content (AvgIpc) is 1.45. The van der Waals surface area contributed by atoms with Crippen molar-refractivity contribution in [1.82, 2.24) is 10.6 Å². The van der Waals surface area contributed by atoms with Crippen LogP contribution < -0.4 is 20.1 Å². The number of hydrogen-bond acceptors (Lipinski definition) is 20. The van der Waals surface area contributed by atoms with Crippen LogP contribution in [0.4, 0.5) is 9.59 Å². The fourth-order valence-electron chi connectivity index (χ4n) is 7.09. The number of benzene rings is 2. The number of ether oxygens (including phenoxy) is 17. The Kier molecular flexibility index (Phi) is 47.2. The minimum atomic E-state index is -0.821. The van der Waals surface area contributed by atoms with E-state index in [0.29, 0.717) is 49.9 Å². The molecule has 0 aliphatic heterocycles. The van der Waals surface area contributed by atoms with Gasteiger partial charge in [0, 0.05) is 11.5 Å². The number of rotatable bonds is 52. The van der Waals surface area contributed by atoms with Crippen molar-refractivity contribution in [1.29, 1.82) is 0 Å². The average molecular weight is 1280 g/mol. The Morgan fingerprint density at radius 1 is 0.473 bits per heavy atom. The zero-order chi connectivity index (χ0) is 68.1. The largest absolute Gasteiger partial charge is 0.494 e. The van der Waals surface area contributed by atoms with E-state index in [4.69, 9.17) is 80.5 Å². The van der Waals surface area contributed by atoms with Gasteiger partial charge in [0.1, 0.15) is 30.8 Å². The van der Waals surface area contributed by atoms with Crippen LogP contribution in [-0.2, 0) is 81.3 Å². The summed E-state index contributed by atoms with van der Waals surface area (Å²) in [5, 5.41) is 4.91. The molecule has 91 heavy (non-hydrogen) atoms. The molecule has 2 aromatic carbocycles. The number of esters is 1. The van der Waals surface area contributed by atoms with Crippen molar-refractivity contribution in [2.75, 3.05) is 107 Å². The van der Waals surface area contributed by atoms with Gasteiger partial charge in [-0.25, -0.2) is 14.4 Å². The van der Waals surface area contributed by atoms with Crippen LogP contribution in [0.2, 0.25) is 0 Å². The highest BCUT2D eigenvalue weighted by atomic mass is 16.7. The lowest BCUT2D eigenvalue weighted by Crippen LogP contribution is -2.42. The third-order valence-electron chi connectivity index (χ3n) is 12.0. The van der Waals surface area contributed by atoms with Crippen LogP contribution in [-0.4, -0.2) is 137 Å². The predicted octanol–water partition coefficient (Wildman–Crippen LogP) is 13.6. The van der Waals surface area contributed by atoms with Crippen molar-refractivity contribution in [2.45, 2.75) is 112 Å². The summed E-state index contributed by atoms with van der Waals surface area (Å²) in [6.45, 7) is 53.5. The maximum absolute atomic E-state index is 12.2. The zero-order valence-corrected chi connectivity index (χ0v) is 55.4. The summed E-state index contributed by atoms with van der Waals surface area (Å²) < 4.78 is 89.9. The maximum Gasteiger partial charge on any atom is 0.408 e. The second-order valence-corrected chi connectivity index (χ2v) is 21.3. The third kappa shape index (κ3) is 45.8. The van der Waals surface area contributed by atoms with Gasteiger partial charge < -0.3 is 91.2 Å². The molecule has 0 unspecified atom stereocenters. The second-order valence-electron chi connectivity index (χ2n) is 21.3. The van der Waals surface area contributed by atoms with Gasteiger partial charge in [-0.05, 0) is 115 Å². The van der Waals surface area contributed by atoms with E-state index in [1.54, 1.807) is 20.8 Å². The van der Waals surface area contributed by atoms with Gasteiger partial charge in [-0.1, -0.05) is 101 Å². The molecule has 22 heteroatoms. The van der Waals surface area contributed by atoms with E-state index in [1.165, 1.54) is 35.5 Å². The summed E-state index contributed by atoms with van der Waals surface area (Å²) in [7, 11) is 0. The number of alkyl carbamates (subject to hydrolysis) is 2. The molecule has 0 atom stereocenters. The normalized spacial score (nSPS) is 10.7. The molecular formula is C69H104N2O20. The van der Waals surface area contributed by atoms with Crippen LogP contribution in [0.3, 0.4) is 0 Å². The van der Waals surface area contributed by atoms with Crippen LogP contribution >= 0.6 is 0 Å². The van der Waals surface area contributed by atoms with E-state index in [0.717, 1.165) is 54.4 Å². The number of nitrogens with one attached hydrogen (secondary N) is 2. The molecule has 22 nitrogen and oxygen atoms in total. The zero-order valence-electron chi connectivity index (χ0n) is 55.4. The van der Waals surface area contributed by atoms with Crippen molar-refractivity contribution in [2.24, 2.45) is 5.41 Å². The first-order valence-corrected chi connectivity index (χ1v) is 29.5. The summed E-state index contributed by atoms with van der Waals surface area (Å²) in [4.78, 5) is 35.7. The van der Waals surface area contributed by atoms with E-state index in [9.17, 15) is 14.4 Å². The van der Waals surface area contributed by atoms with Crippen molar-refractivity contribution in [3.05, 3.63) is 184 Å². The molecule has 2 N–H and O–H groups in total. The van der Waals surface area contributed by atoms with E-state index >= 15 is 0 Å². The Labute approximate surface area is 541 Å². The number of hydrogen-bond donors (Lipinski definition) is 2. The fourth-order valence-corrected chi connectivity index (χ4v) is 7.09. The van der Waals surface area contributed by atoms with E-state index in [2.05, 4.69) is 115 Å². The molecular weight excluding hydrogens is 1180 g/mol. The maximum atomic E-state index is 12.2. The molecule has 0 bridgehead atoms. The number of allylic oxidation sites excluding steroid dienone is 6.